The summed E-state index contributed by atoms with van der Waals surface area (Å²) in [7, 11) is 0. The monoisotopic (exact) mass is 208 g/mol. The van der Waals surface area contributed by atoms with Crippen molar-refractivity contribution in [2.45, 2.75) is 6.04 Å². The molecule has 0 saturated carbocycles. The van der Waals surface area contributed by atoms with Gasteiger partial charge in [0.2, 0.25) is 0 Å². The third kappa shape index (κ3) is 1.48. The standard InChI is InChI=1S/C14H12N2/c15-12-6-3-5-10(8-12)14-9-11-4-1-2-7-13(11)16-14/h1-9,14H,15H2. The minimum absolute atomic E-state index is 0.112. The molecule has 2 aromatic rings. The highest BCUT2D eigenvalue weighted by Gasteiger charge is 2.10. The van der Waals surface area contributed by atoms with E-state index < -0.39 is 0 Å². The highest BCUT2D eigenvalue weighted by Crippen LogP contribution is 2.21. The number of para-hydroxylation sites is 1. The van der Waals surface area contributed by atoms with Gasteiger partial charge in [0.1, 0.15) is 0 Å². The number of fused-ring (bicyclic) bond motifs is 1. The molecule has 3 rings (SSSR count). The molecule has 1 atom stereocenters. The molecule has 0 fully saturated rings. The van der Waals surface area contributed by atoms with Crippen molar-refractivity contribution in [3.63, 3.8) is 0 Å². The van der Waals surface area contributed by atoms with Gasteiger partial charge in [0.15, 0.2) is 0 Å². The van der Waals surface area contributed by atoms with Crippen molar-refractivity contribution < 1.29 is 0 Å². The maximum Gasteiger partial charge on any atom is 0.0948 e. The fraction of sp³-hybridized carbons (Fsp3) is 0.0714. The molecule has 0 radical (unpaired) electrons. The maximum absolute atomic E-state index is 5.78. The van der Waals surface area contributed by atoms with Crippen LogP contribution in [0, 0.1) is 0 Å². The minimum Gasteiger partial charge on any atom is -0.399 e. The van der Waals surface area contributed by atoms with Crippen LogP contribution in [-0.2, 0) is 0 Å². The fourth-order valence-corrected chi connectivity index (χ4v) is 2.02. The van der Waals surface area contributed by atoms with Crippen LogP contribution in [0.25, 0.3) is 6.08 Å². The average Bonchev–Trinajstić information content (AvgIpc) is 2.72. The third-order valence-electron chi connectivity index (χ3n) is 2.80. The molecule has 1 aliphatic heterocycles. The quantitative estimate of drug-likeness (QED) is 0.707. The third-order valence-corrected chi connectivity index (χ3v) is 2.80. The summed E-state index contributed by atoms with van der Waals surface area (Å²) in [5.41, 5.74) is 7.71. The SMILES string of the molecule is Nc1cccc(C2C=c3ccccc3=N2)c1. The average molecular weight is 208 g/mol. The lowest BCUT2D eigenvalue weighted by molar-refractivity contribution is 0.943. The first-order valence-corrected chi connectivity index (χ1v) is 5.33. The number of anilines is 1. The predicted octanol–water partition coefficient (Wildman–Crippen LogP) is 1.42. The topological polar surface area (TPSA) is 38.4 Å². The van der Waals surface area contributed by atoms with E-state index in [1.165, 1.54) is 5.22 Å². The molecular formula is C14H12N2. The van der Waals surface area contributed by atoms with E-state index >= 15 is 0 Å². The Labute approximate surface area is 93.8 Å². The van der Waals surface area contributed by atoms with Gasteiger partial charge in [0, 0.05) is 5.69 Å². The molecule has 2 heteroatoms. The number of hydrogen-bond donors (Lipinski definition) is 1. The molecule has 0 aliphatic carbocycles. The summed E-state index contributed by atoms with van der Waals surface area (Å²) in [6.07, 6.45) is 2.17. The van der Waals surface area contributed by atoms with Gasteiger partial charge in [-0.1, -0.05) is 30.3 Å². The second kappa shape index (κ2) is 3.49. The van der Waals surface area contributed by atoms with E-state index in [-0.39, 0.29) is 6.04 Å². The van der Waals surface area contributed by atoms with Crippen molar-refractivity contribution >= 4 is 11.8 Å². The Morgan fingerprint density at radius 3 is 2.69 bits per heavy atom. The first-order valence-electron chi connectivity index (χ1n) is 5.33. The number of nitrogens with zero attached hydrogens (tertiary/aromatic N) is 1. The van der Waals surface area contributed by atoms with Crippen LogP contribution >= 0.6 is 0 Å². The molecule has 2 N–H and O–H groups in total. The van der Waals surface area contributed by atoms with Gasteiger partial charge in [-0.15, -0.1) is 0 Å². The van der Waals surface area contributed by atoms with Crippen LogP contribution in [-0.4, -0.2) is 0 Å². The first kappa shape index (κ1) is 9.16. The predicted molar refractivity (Wildman–Crippen MR) is 65.3 cm³/mol. The Kier molecular flexibility index (Phi) is 2.00. The Balaban J connectivity index is 2.10. The Bertz CT molecular complexity index is 609. The van der Waals surface area contributed by atoms with Gasteiger partial charge in [-0.05, 0) is 35.1 Å². The normalized spacial score (nSPS) is 17.4. The van der Waals surface area contributed by atoms with Gasteiger partial charge in [-0.3, -0.25) is 4.99 Å². The molecule has 1 aliphatic rings. The second-order valence-electron chi connectivity index (χ2n) is 3.97. The molecule has 2 nitrogen and oxygen atoms in total. The van der Waals surface area contributed by atoms with Gasteiger partial charge in [0.25, 0.3) is 0 Å². The van der Waals surface area contributed by atoms with Gasteiger partial charge in [-0.25, -0.2) is 0 Å². The van der Waals surface area contributed by atoms with Crippen molar-refractivity contribution in [3.05, 3.63) is 64.7 Å². The molecule has 0 amide bonds. The zero-order chi connectivity index (χ0) is 11.0. The lowest BCUT2D eigenvalue weighted by Gasteiger charge is -2.05. The van der Waals surface area contributed by atoms with E-state index in [2.05, 4.69) is 23.2 Å². The van der Waals surface area contributed by atoms with Crippen LogP contribution < -0.4 is 16.3 Å². The molecule has 78 valence electrons. The zero-order valence-electron chi connectivity index (χ0n) is 8.80. The molecule has 2 aromatic carbocycles. The smallest absolute Gasteiger partial charge is 0.0948 e. The molecule has 0 aromatic heterocycles. The summed E-state index contributed by atoms with van der Waals surface area (Å²) < 4.78 is 0. The minimum atomic E-state index is 0.112. The zero-order valence-corrected chi connectivity index (χ0v) is 8.80. The van der Waals surface area contributed by atoms with Crippen LogP contribution in [0.1, 0.15) is 11.6 Å². The Morgan fingerprint density at radius 1 is 1.00 bits per heavy atom. The van der Waals surface area contributed by atoms with Crippen molar-refractivity contribution in [2.24, 2.45) is 4.99 Å². The lowest BCUT2D eigenvalue weighted by atomic mass is 10.1. The molecule has 16 heavy (non-hydrogen) atoms. The van der Waals surface area contributed by atoms with Crippen molar-refractivity contribution in [3.8, 4) is 0 Å². The van der Waals surface area contributed by atoms with E-state index in [9.17, 15) is 0 Å². The Hall–Kier alpha value is -2.09. The highest BCUT2D eigenvalue weighted by molar-refractivity contribution is 5.48. The van der Waals surface area contributed by atoms with Crippen molar-refractivity contribution in [1.82, 2.24) is 0 Å². The number of benzene rings is 2. The van der Waals surface area contributed by atoms with Gasteiger partial charge >= 0.3 is 0 Å². The van der Waals surface area contributed by atoms with E-state index in [0.29, 0.717) is 0 Å². The van der Waals surface area contributed by atoms with Crippen LogP contribution in [0.2, 0.25) is 0 Å². The molecule has 1 heterocycles. The molecule has 0 saturated heterocycles. The van der Waals surface area contributed by atoms with Crippen LogP contribution in [0.4, 0.5) is 5.69 Å². The van der Waals surface area contributed by atoms with Gasteiger partial charge in [-0.2, -0.15) is 0 Å². The number of nitrogen functional groups attached to an aromatic ring is 1. The van der Waals surface area contributed by atoms with E-state index in [4.69, 9.17) is 5.73 Å². The molecule has 0 spiro atoms. The van der Waals surface area contributed by atoms with E-state index in [1.54, 1.807) is 0 Å². The van der Waals surface area contributed by atoms with Gasteiger partial charge < -0.3 is 5.73 Å². The summed E-state index contributed by atoms with van der Waals surface area (Å²) in [4.78, 5) is 4.65. The van der Waals surface area contributed by atoms with Crippen molar-refractivity contribution in [2.75, 3.05) is 5.73 Å². The molecule has 0 bridgehead atoms. The van der Waals surface area contributed by atoms with Crippen molar-refractivity contribution in [1.29, 1.82) is 0 Å². The number of hydrogen-bond acceptors (Lipinski definition) is 2. The Morgan fingerprint density at radius 2 is 1.88 bits per heavy atom. The van der Waals surface area contributed by atoms with Crippen LogP contribution in [0.15, 0.2) is 53.5 Å². The van der Waals surface area contributed by atoms with Crippen LogP contribution in [0.5, 0.6) is 0 Å². The fourth-order valence-electron chi connectivity index (χ4n) is 2.02. The molecule has 1 unspecified atom stereocenters. The van der Waals surface area contributed by atoms with E-state index in [0.717, 1.165) is 16.6 Å². The molecular weight excluding hydrogens is 196 g/mol. The van der Waals surface area contributed by atoms with Gasteiger partial charge in [0.05, 0.1) is 11.4 Å². The summed E-state index contributed by atoms with van der Waals surface area (Å²) in [6.45, 7) is 0. The largest absolute Gasteiger partial charge is 0.399 e. The summed E-state index contributed by atoms with van der Waals surface area (Å²) >= 11 is 0. The van der Waals surface area contributed by atoms with Crippen LogP contribution in [0.3, 0.4) is 0 Å². The number of rotatable bonds is 1. The summed E-state index contributed by atoms with van der Waals surface area (Å²) in [5.74, 6) is 0. The highest BCUT2D eigenvalue weighted by atomic mass is 14.8. The lowest BCUT2D eigenvalue weighted by Crippen LogP contribution is -2.19. The first-order chi connectivity index (χ1) is 7.83. The van der Waals surface area contributed by atoms with E-state index in [1.807, 2.05) is 36.4 Å². The second-order valence-corrected chi connectivity index (χ2v) is 3.97. The maximum atomic E-state index is 5.78. The number of nitrogens with two attached hydrogens (primary N) is 1. The summed E-state index contributed by atoms with van der Waals surface area (Å²) in [5, 5.41) is 2.27. The summed E-state index contributed by atoms with van der Waals surface area (Å²) in [6, 6.07) is 16.2.